The van der Waals surface area contributed by atoms with Crippen LogP contribution in [0.5, 0.6) is 0 Å². The molecule has 0 aliphatic carbocycles. The fraction of sp³-hybridized carbons (Fsp3) is 0.278. The molecule has 24 heavy (non-hydrogen) atoms. The second-order valence-electron chi connectivity index (χ2n) is 5.89. The van der Waals surface area contributed by atoms with Gasteiger partial charge < -0.3 is 15.0 Å². The number of rotatable bonds is 5. The summed E-state index contributed by atoms with van der Waals surface area (Å²) in [6, 6.07) is 11.3. The molecule has 0 aliphatic heterocycles. The number of aryl methyl sites for hydroxylation is 1. The smallest absolute Gasteiger partial charge is 0.123 e. The SMILES string of the molecule is CC(NCc1nc2cc(Cl)ccc2n1C)C(O)c1ccc(F)cc1. The number of aliphatic hydroxyl groups is 1. The third-order valence-electron chi connectivity index (χ3n) is 4.20. The van der Waals surface area contributed by atoms with Gasteiger partial charge in [0.05, 0.1) is 23.7 Å². The van der Waals surface area contributed by atoms with Gasteiger partial charge in [-0.3, -0.25) is 0 Å². The first-order valence-electron chi connectivity index (χ1n) is 7.73. The Balaban J connectivity index is 1.70. The van der Waals surface area contributed by atoms with Crippen molar-refractivity contribution >= 4 is 22.6 Å². The standard InChI is InChI=1S/C18H19ClFN3O/c1-11(18(24)12-3-6-14(20)7-4-12)21-10-17-22-15-9-13(19)5-8-16(15)23(17)2/h3-9,11,18,21,24H,10H2,1-2H3. The summed E-state index contributed by atoms with van der Waals surface area (Å²) >= 11 is 6.00. The topological polar surface area (TPSA) is 50.1 Å². The summed E-state index contributed by atoms with van der Waals surface area (Å²) in [7, 11) is 1.95. The van der Waals surface area contributed by atoms with Gasteiger partial charge in [0.25, 0.3) is 0 Å². The number of nitrogens with one attached hydrogen (secondary N) is 1. The maximum atomic E-state index is 13.0. The molecule has 2 N–H and O–H groups in total. The molecule has 3 rings (SSSR count). The molecule has 2 unspecified atom stereocenters. The van der Waals surface area contributed by atoms with Crippen LogP contribution in [0.1, 0.15) is 24.4 Å². The van der Waals surface area contributed by atoms with Crippen molar-refractivity contribution in [3.63, 3.8) is 0 Å². The van der Waals surface area contributed by atoms with Crippen molar-refractivity contribution in [1.29, 1.82) is 0 Å². The lowest BCUT2D eigenvalue weighted by Crippen LogP contribution is -2.32. The van der Waals surface area contributed by atoms with Crippen LogP contribution in [-0.2, 0) is 13.6 Å². The Morgan fingerprint density at radius 3 is 2.67 bits per heavy atom. The van der Waals surface area contributed by atoms with Gasteiger partial charge in [-0.25, -0.2) is 9.37 Å². The van der Waals surface area contributed by atoms with Crippen molar-refractivity contribution in [1.82, 2.24) is 14.9 Å². The van der Waals surface area contributed by atoms with Crippen LogP contribution in [0.4, 0.5) is 4.39 Å². The number of imidazole rings is 1. The quantitative estimate of drug-likeness (QED) is 0.741. The van der Waals surface area contributed by atoms with E-state index in [9.17, 15) is 9.50 Å². The number of aliphatic hydroxyl groups excluding tert-OH is 1. The van der Waals surface area contributed by atoms with E-state index in [1.54, 1.807) is 12.1 Å². The van der Waals surface area contributed by atoms with E-state index in [0.29, 0.717) is 17.1 Å². The predicted molar refractivity (Wildman–Crippen MR) is 93.4 cm³/mol. The lowest BCUT2D eigenvalue weighted by molar-refractivity contribution is 0.134. The van der Waals surface area contributed by atoms with E-state index in [2.05, 4.69) is 10.3 Å². The lowest BCUT2D eigenvalue weighted by Gasteiger charge is -2.20. The van der Waals surface area contributed by atoms with Crippen LogP contribution in [0.2, 0.25) is 5.02 Å². The van der Waals surface area contributed by atoms with Crippen LogP contribution in [-0.4, -0.2) is 20.7 Å². The molecule has 0 bridgehead atoms. The second kappa shape index (κ2) is 6.89. The first-order chi connectivity index (χ1) is 11.5. The number of aromatic nitrogens is 2. The summed E-state index contributed by atoms with van der Waals surface area (Å²) in [6.07, 6.45) is -0.727. The van der Waals surface area contributed by atoms with Crippen molar-refractivity contribution in [2.75, 3.05) is 0 Å². The first-order valence-corrected chi connectivity index (χ1v) is 8.11. The molecule has 4 nitrogen and oxygen atoms in total. The molecule has 2 atom stereocenters. The molecular formula is C18H19ClFN3O. The highest BCUT2D eigenvalue weighted by molar-refractivity contribution is 6.31. The normalized spacial score (nSPS) is 14.0. The van der Waals surface area contributed by atoms with Crippen molar-refractivity contribution in [3.05, 3.63) is 64.7 Å². The van der Waals surface area contributed by atoms with Gasteiger partial charge in [0.2, 0.25) is 0 Å². The third-order valence-corrected chi connectivity index (χ3v) is 4.44. The summed E-state index contributed by atoms with van der Waals surface area (Å²) in [5, 5.41) is 14.3. The zero-order chi connectivity index (χ0) is 17.3. The number of hydrogen-bond acceptors (Lipinski definition) is 3. The molecule has 3 aromatic rings. The molecule has 1 aromatic heterocycles. The fourth-order valence-electron chi connectivity index (χ4n) is 2.69. The fourth-order valence-corrected chi connectivity index (χ4v) is 2.86. The van der Waals surface area contributed by atoms with Gasteiger partial charge in [-0.2, -0.15) is 0 Å². The molecule has 0 radical (unpaired) electrons. The van der Waals surface area contributed by atoms with Gasteiger partial charge in [-0.15, -0.1) is 0 Å². The number of fused-ring (bicyclic) bond motifs is 1. The van der Waals surface area contributed by atoms with Crippen LogP contribution in [0.3, 0.4) is 0 Å². The third kappa shape index (κ3) is 3.43. The van der Waals surface area contributed by atoms with Gasteiger partial charge in [-0.05, 0) is 42.8 Å². The van der Waals surface area contributed by atoms with E-state index in [1.165, 1.54) is 12.1 Å². The van der Waals surface area contributed by atoms with Gasteiger partial charge >= 0.3 is 0 Å². The summed E-state index contributed by atoms with van der Waals surface area (Å²) in [6.45, 7) is 2.38. The predicted octanol–water partition coefficient (Wildman–Crippen LogP) is 3.58. The average molecular weight is 348 g/mol. The van der Waals surface area contributed by atoms with Crippen LogP contribution in [0, 0.1) is 5.82 Å². The lowest BCUT2D eigenvalue weighted by atomic mass is 10.0. The molecule has 6 heteroatoms. The summed E-state index contributed by atoms with van der Waals surface area (Å²) in [5.41, 5.74) is 2.52. The molecule has 1 heterocycles. The van der Waals surface area contributed by atoms with Crippen molar-refractivity contribution in [3.8, 4) is 0 Å². The Morgan fingerprint density at radius 2 is 1.96 bits per heavy atom. The van der Waals surface area contributed by atoms with E-state index in [0.717, 1.165) is 16.9 Å². The molecule has 0 aliphatic rings. The summed E-state index contributed by atoms with van der Waals surface area (Å²) in [5.74, 6) is 0.537. The summed E-state index contributed by atoms with van der Waals surface area (Å²) in [4.78, 5) is 4.57. The van der Waals surface area contributed by atoms with E-state index in [4.69, 9.17) is 11.6 Å². The number of benzene rings is 2. The van der Waals surface area contributed by atoms with Crippen molar-refractivity contribution in [2.24, 2.45) is 7.05 Å². The molecule has 0 fully saturated rings. The Morgan fingerprint density at radius 1 is 1.25 bits per heavy atom. The molecule has 126 valence electrons. The zero-order valence-corrected chi connectivity index (χ0v) is 14.3. The molecular weight excluding hydrogens is 329 g/mol. The highest BCUT2D eigenvalue weighted by Crippen LogP contribution is 2.21. The minimum absolute atomic E-state index is 0.209. The molecule has 0 saturated heterocycles. The van der Waals surface area contributed by atoms with Gasteiger partial charge in [-0.1, -0.05) is 23.7 Å². The molecule has 0 spiro atoms. The second-order valence-corrected chi connectivity index (χ2v) is 6.32. The summed E-state index contributed by atoms with van der Waals surface area (Å²) < 4.78 is 15.0. The van der Waals surface area contributed by atoms with Crippen LogP contribution >= 0.6 is 11.6 Å². The van der Waals surface area contributed by atoms with E-state index in [-0.39, 0.29) is 11.9 Å². The maximum Gasteiger partial charge on any atom is 0.123 e. The van der Waals surface area contributed by atoms with Gasteiger partial charge in [0, 0.05) is 18.1 Å². The molecule has 0 saturated carbocycles. The van der Waals surface area contributed by atoms with E-state index in [1.807, 2.05) is 36.7 Å². The largest absolute Gasteiger partial charge is 0.387 e. The Bertz CT molecular complexity index is 847. The average Bonchev–Trinajstić information content (AvgIpc) is 2.88. The Labute approximate surface area is 144 Å². The minimum Gasteiger partial charge on any atom is -0.387 e. The molecule has 2 aromatic carbocycles. The maximum absolute atomic E-state index is 13.0. The zero-order valence-electron chi connectivity index (χ0n) is 13.5. The number of nitrogens with zero attached hydrogens (tertiary/aromatic N) is 2. The highest BCUT2D eigenvalue weighted by Gasteiger charge is 2.17. The first kappa shape index (κ1) is 16.9. The van der Waals surface area contributed by atoms with Crippen LogP contribution in [0.15, 0.2) is 42.5 Å². The Hall–Kier alpha value is -1.95. The minimum atomic E-state index is -0.727. The highest BCUT2D eigenvalue weighted by atomic mass is 35.5. The molecule has 0 amide bonds. The Kier molecular flexibility index (Phi) is 4.85. The van der Waals surface area contributed by atoms with E-state index < -0.39 is 6.10 Å². The van der Waals surface area contributed by atoms with Crippen LogP contribution < -0.4 is 5.32 Å². The number of hydrogen-bond donors (Lipinski definition) is 2. The van der Waals surface area contributed by atoms with Crippen molar-refractivity contribution < 1.29 is 9.50 Å². The van der Waals surface area contributed by atoms with Gasteiger partial charge in [0.15, 0.2) is 0 Å². The van der Waals surface area contributed by atoms with Gasteiger partial charge in [0.1, 0.15) is 11.6 Å². The number of halogens is 2. The monoisotopic (exact) mass is 347 g/mol. The van der Waals surface area contributed by atoms with Crippen molar-refractivity contribution in [2.45, 2.75) is 25.6 Å². The van der Waals surface area contributed by atoms with Crippen LogP contribution in [0.25, 0.3) is 11.0 Å². The van der Waals surface area contributed by atoms with E-state index >= 15 is 0 Å².